The van der Waals surface area contributed by atoms with E-state index in [0.29, 0.717) is 48.2 Å². The number of halogens is 2. The Morgan fingerprint density at radius 2 is 1.01 bits per heavy atom. The van der Waals surface area contributed by atoms with E-state index in [1.807, 2.05) is 72.8 Å². The number of aromatic nitrogens is 4. The van der Waals surface area contributed by atoms with Gasteiger partial charge in [-0.3, -0.25) is 9.97 Å². The summed E-state index contributed by atoms with van der Waals surface area (Å²) in [6.45, 7) is 2.30. The van der Waals surface area contributed by atoms with Crippen LogP contribution in [0, 0.1) is 0 Å². The van der Waals surface area contributed by atoms with E-state index in [-0.39, 0.29) is 11.5 Å². The number of benzene rings is 6. The predicted octanol–water partition coefficient (Wildman–Crippen LogP) is 13.3. The van der Waals surface area contributed by atoms with Crippen LogP contribution in [-0.4, -0.2) is 43.3 Å². The second-order valence-corrected chi connectivity index (χ2v) is 17.8. The molecule has 0 bridgehead atoms. The average molecular weight is 980 g/mol. The molecule has 0 saturated heterocycles. The SMILES string of the molecule is COC(=O)c1cc(Cl)ccc1Cc1ccc2c(ccn2Cc2cccc(OCc3ccccn3)c2)c1.O=C(O)c1cc(Cl)ccc1Cc1ccc2c(ccn2Cc2cccc(OCc3ccccn3)c2)c1. The molecule has 1 N–H and O–H groups in total. The molecule has 0 aliphatic heterocycles. The third-order valence-corrected chi connectivity index (χ3v) is 12.4. The van der Waals surface area contributed by atoms with Gasteiger partial charge in [0.1, 0.15) is 24.7 Å². The molecular weight excluding hydrogens is 932 g/mol. The number of pyridine rings is 2. The summed E-state index contributed by atoms with van der Waals surface area (Å²) >= 11 is 12.1. The van der Waals surface area contributed by atoms with E-state index in [1.165, 1.54) is 13.2 Å². The first-order chi connectivity index (χ1) is 34.6. The number of carboxylic acid groups (broad SMARTS) is 1. The van der Waals surface area contributed by atoms with Crippen molar-refractivity contribution in [2.24, 2.45) is 0 Å². The maximum absolute atomic E-state index is 12.2. The van der Waals surface area contributed by atoms with Crippen molar-refractivity contribution >= 4 is 56.9 Å². The number of ether oxygens (including phenoxy) is 3. The van der Waals surface area contributed by atoms with Crippen LogP contribution < -0.4 is 9.47 Å². The van der Waals surface area contributed by atoms with Crippen molar-refractivity contribution in [3.63, 3.8) is 0 Å². The number of hydrogen-bond donors (Lipinski definition) is 1. The van der Waals surface area contributed by atoms with Gasteiger partial charge in [0.2, 0.25) is 0 Å². The van der Waals surface area contributed by atoms with Crippen LogP contribution in [0.4, 0.5) is 0 Å². The smallest absolute Gasteiger partial charge is 0.338 e. The topological polar surface area (TPSA) is 118 Å². The molecule has 0 spiro atoms. The normalized spacial score (nSPS) is 11.0. The molecule has 0 aliphatic rings. The third kappa shape index (κ3) is 12.4. The van der Waals surface area contributed by atoms with Gasteiger partial charge in [0.05, 0.1) is 29.6 Å². The second kappa shape index (κ2) is 22.5. The number of carbonyl (C=O) groups is 2. The number of fused-ring (bicyclic) bond motifs is 2. The molecule has 10 rings (SSSR count). The molecule has 0 radical (unpaired) electrons. The predicted molar refractivity (Wildman–Crippen MR) is 279 cm³/mol. The lowest BCUT2D eigenvalue weighted by atomic mass is 9.99. The summed E-state index contributed by atoms with van der Waals surface area (Å²) in [6.07, 6.45) is 8.83. The van der Waals surface area contributed by atoms with Crippen LogP contribution in [0.3, 0.4) is 0 Å². The third-order valence-electron chi connectivity index (χ3n) is 12.0. The molecule has 0 amide bonds. The largest absolute Gasteiger partial charge is 0.487 e. The summed E-state index contributed by atoms with van der Waals surface area (Å²) in [4.78, 5) is 32.4. The fourth-order valence-corrected chi connectivity index (χ4v) is 8.83. The molecule has 0 aliphatic carbocycles. The van der Waals surface area contributed by atoms with E-state index < -0.39 is 5.97 Å². The zero-order chi connectivity index (χ0) is 49.1. The highest BCUT2D eigenvalue weighted by molar-refractivity contribution is 6.31. The molecule has 71 heavy (non-hydrogen) atoms. The van der Waals surface area contributed by atoms with Gasteiger partial charge in [0.15, 0.2) is 0 Å². The Labute approximate surface area is 421 Å². The molecule has 10 nitrogen and oxygen atoms in total. The molecule has 0 atom stereocenters. The van der Waals surface area contributed by atoms with E-state index >= 15 is 0 Å². The highest BCUT2D eigenvalue weighted by Gasteiger charge is 2.15. The van der Waals surface area contributed by atoms with Crippen molar-refractivity contribution < 1.29 is 28.9 Å². The van der Waals surface area contributed by atoms with Gasteiger partial charge in [-0.15, -0.1) is 0 Å². The van der Waals surface area contributed by atoms with Gasteiger partial charge in [0, 0.05) is 59.0 Å². The van der Waals surface area contributed by atoms with Gasteiger partial charge in [-0.05, 0) is 166 Å². The highest BCUT2D eigenvalue weighted by Crippen LogP contribution is 2.27. The van der Waals surface area contributed by atoms with Crippen molar-refractivity contribution in [3.8, 4) is 11.5 Å². The zero-order valence-electron chi connectivity index (χ0n) is 38.8. The van der Waals surface area contributed by atoms with Gasteiger partial charge in [0.25, 0.3) is 0 Å². The summed E-state index contributed by atoms with van der Waals surface area (Å²) in [6, 6.07) is 55.0. The quantitative estimate of drug-likeness (QED) is 0.0951. The number of methoxy groups -OCH3 is 1. The van der Waals surface area contributed by atoms with Crippen LogP contribution in [-0.2, 0) is 43.9 Å². The monoisotopic (exact) mass is 978 g/mol. The van der Waals surface area contributed by atoms with Crippen LogP contribution in [0.2, 0.25) is 10.0 Å². The van der Waals surface area contributed by atoms with Crippen molar-refractivity contribution in [2.45, 2.75) is 39.1 Å². The van der Waals surface area contributed by atoms with Crippen molar-refractivity contribution in [2.75, 3.05) is 7.11 Å². The van der Waals surface area contributed by atoms with Crippen LogP contribution >= 0.6 is 23.2 Å². The summed E-state index contributed by atoms with van der Waals surface area (Å²) in [5.74, 6) is 0.275. The van der Waals surface area contributed by atoms with E-state index in [9.17, 15) is 14.7 Å². The summed E-state index contributed by atoms with van der Waals surface area (Å²) in [7, 11) is 1.38. The van der Waals surface area contributed by atoms with E-state index in [2.05, 4.69) is 98.2 Å². The lowest BCUT2D eigenvalue weighted by Crippen LogP contribution is -2.06. The summed E-state index contributed by atoms with van der Waals surface area (Å²) in [5, 5.41) is 12.7. The first-order valence-corrected chi connectivity index (χ1v) is 23.7. The maximum atomic E-state index is 12.2. The van der Waals surface area contributed by atoms with Crippen LogP contribution in [0.25, 0.3) is 21.8 Å². The number of hydrogen-bond acceptors (Lipinski definition) is 7. The zero-order valence-corrected chi connectivity index (χ0v) is 40.3. The first-order valence-electron chi connectivity index (χ1n) is 22.9. The lowest BCUT2D eigenvalue weighted by molar-refractivity contribution is 0.0598. The number of esters is 1. The molecule has 6 aromatic carbocycles. The van der Waals surface area contributed by atoms with Crippen molar-refractivity contribution in [1.82, 2.24) is 19.1 Å². The number of carbonyl (C=O) groups excluding carboxylic acids is 1. The minimum atomic E-state index is -0.971. The van der Waals surface area contributed by atoms with E-state index in [4.69, 9.17) is 37.4 Å². The molecule has 354 valence electrons. The Kier molecular flexibility index (Phi) is 15.2. The fraction of sp³-hybridized carbons (Fsp3) is 0.119. The number of carboxylic acids is 1. The molecular formula is C59H48Cl2N4O6. The molecule has 0 unspecified atom stereocenters. The summed E-state index contributed by atoms with van der Waals surface area (Å²) in [5.41, 5.74) is 10.8. The Balaban J connectivity index is 0.000000176. The standard InChI is InChI=1S/C30H25ClN2O3.C29H23ClN2O3/c1-35-30(34)28-18-25(31)10-9-23(28)15-21-8-11-29-24(16-21)12-14-33(29)19-22-5-4-7-27(17-22)36-20-26-6-2-3-13-32-26;30-24-9-8-22(27(17-24)29(33)34)14-20-7-10-28-23(15-20)11-13-32(28)18-21-4-3-6-26(16-21)35-19-25-5-1-2-12-31-25/h2-14,16-18H,15,19-20H2,1H3;1-13,15-17H,14,18-19H2,(H,33,34). The van der Waals surface area contributed by atoms with Crippen LogP contribution in [0.5, 0.6) is 11.5 Å². The van der Waals surface area contributed by atoms with Gasteiger partial charge < -0.3 is 28.5 Å². The highest BCUT2D eigenvalue weighted by atomic mass is 35.5. The van der Waals surface area contributed by atoms with Crippen molar-refractivity contribution in [1.29, 1.82) is 0 Å². The Morgan fingerprint density at radius 1 is 0.521 bits per heavy atom. The van der Waals surface area contributed by atoms with Crippen LogP contribution in [0.1, 0.15) is 65.5 Å². The van der Waals surface area contributed by atoms with Gasteiger partial charge >= 0.3 is 11.9 Å². The first kappa shape index (κ1) is 47.9. The van der Waals surface area contributed by atoms with Crippen molar-refractivity contribution in [3.05, 3.63) is 261 Å². The average Bonchev–Trinajstić information content (AvgIpc) is 3.99. The minimum Gasteiger partial charge on any atom is -0.487 e. The Hall–Kier alpha value is -8.18. The van der Waals surface area contributed by atoms with Crippen LogP contribution in [0.15, 0.2) is 195 Å². The lowest BCUT2D eigenvalue weighted by Gasteiger charge is -2.11. The molecule has 12 heteroatoms. The number of nitrogens with zero attached hydrogens (tertiary/aromatic N) is 4. The van der Waals surface area contributed by atoms with E-state index in [1.54, 1.807) is 36.7 Å². The van der Waals surface area contributed by atoms with E-state index in [0.717, 1.165) is 84.6 Å². The Bertz CT molecular complexity index is 3470. The van der Waals surface area contributed by atoms with Gasteiger partial charge in [-0.1, -0.05) is 83.9 Å². The molecule has 10 aromatic rings. The summed E-state index contributed by atoms with van der Waals surface area (Å²) < 4.78 is 21.2. The molecule has 4 aromatic heterocycles. The maximum Gasteiger partial charge on any atom is 0.338 e. The number of rotatable bonds is 16. The molecule has 0 saturated carbocycles. The van der Waals surface area contributed by atoms with Gasteiger partial charge in [-0.2, -0.15) is 0 Å². The number of aromatic carboxylic acids is 1. The van der Waals surface area contributed by atoms with Gasteiger partial charge in [-0.25, -0.2) is 9.59 Å². The molecule has 0 fully saturated rings. The fourth-order valence-electron chi connectivity index (χ4n) is 8.48. The second-order valence-electron chi connectivity index (χ2n) is 16.9. The minimum absolute atomic E-state index is 0.236. The Morgan fingerprint density at radius 3 is 1.48 bits per heavy atom. The molecule has 4 heterocycles.